The van der Waals surface area contributed by atoms with Gasteiger partial charge in [-0.2, -0.15) is 9.66 Å². The molecule has 2 N–H and O–H groups in total. The second-order valence-corrected chi connectivity index (χ2v) is 1.79. The smallest absolute Gasteiger partial charge is 0.331 e. The Morgan fingerprint density at radius 2 is 2.20 bits per heavy atom. The molecule has 1 rings (SSSR count). The summed E-state index contributed by atoms with van der Waals surface area (Å²) in [5.74, 6) is 4.99. The Morgan fingerprint density at radius 1 is 1.60 bits per heavy atom. The van der Waals surface area contributed by atoms with E-state index in [1.54, 1.807) is 0 Å². The second-order valence-electron chi connectivity index (χ2n) is 1.79. The Bertz CT molecular complexity index is 349. The lowest BCUT2D eigenvalue weighted by Crippen LogP contribution is -2.44. The van der Waals surface area contributed by atoms with Gasteiger partial charge in [0, 0.05) is 7.05 Å². The predicted octanol–water partition coefficient (Wildman–Crippen LogP) is -2.34. The molecule has 0 aliphatic rings. The molecule has 0 aromatic carbocycles. The molecule has 0 saturated heterocycles. The third-order valence-electron chi connectivity index (χ3n) is 1.06. The normalized spacial score (nSPS) is 9.70. The molecule has 6 nitrogen and oxygen atoms in total. The molecule has 1 heterocycles. The van der Waals surface area contributed by atoms with Gasteiger partial charge in [0.15, 0.2) is 0 Å². The van der Waals surface area contributed by atoms with E-state index in [1.165, 1.54) is 7.05 Å². The summed E-state index contributed by atoms with van der Waals surface area (Å²) in [7, 11) is 1.46. The highest BCUT2D eigenvalue weighted by atomic mass is 16.2. The van der Waals surface area contributed by atoms with E-state index < -0.39 is 11.4 Å². The molecular weight excluding hydrogens is 136 g/mol. The molecule has 0 fully saturated rings. The predicted molar refractivity (Wildman–Crippen MR) is 33.9 cm³/mol. The SMILES string of the molecule is Cn1cnc(=O)n(N)c1=O. The van der Waals surface area contributed by atoms with E-state index in [2.05, 4.69) is 4.98 Å². The summed E-state index contributed by atoms with van der Waals surface area (Å²) in [6.07, 6.45) is 1.12. The van der Waals surface area contributed by atoms with Crippen LogP contribution in [0.3, 0.4) is 0 Å². The number of aromatic nitrogens is 3. The average Bonchev–Trinajstić information content (AvgIpc) is 1.93. The lowest BCUT2D eigenvalue weighted by atomic mass is 10.9. The van der Waals surface area contributed by atoms with Crippen LogP contribution >= 0.6 is 0 Å². The van der Waals surface area contributed by atoms with Crippen LogP contribution in [-0.4, -0.2) is 14.2 Å². The minimum absolute atomic E-state index is 0.444. The Morgan fingerprint density at radius 3 is 2.70 bits per heavy atom. The summed E-state index contributed by atoms with van der Waals surface area (Å²) < 4.78 is 1.56. The number of hydrogen-bond donors (Lipinski definition) is 1. The van der Waals surface area contributed by atoms with E-state index in [0.29, 0.717) is 4.68 Å². The van der Waals surface area contributed by atoms with Crippen molar-refractivity contribution in [3.63, 3.8) is 0 Å². The highest BCUT2D eigenvalue weighted by Gasteiger charge is 1.96. The molecule has 0 bridgehead atoms. The van der Waals surface area contributed by atoms with Gasteiger partial charge in [0.1, 0.15) is 6.33 Å². The maximum Gasteiger partial charge on any atom is 0.371 e. The van der Waals surface area contributed by atoms with Gasteiger partial charge < -0.3 is 5.84 Å². The molecule has 0 unspecified atom stereocenters. The van der Waals surface area contributed by atoms with Gasteiger partial charge in [-0.25, -0.2) is 9.59 Å². The molecule has 10 heavy (non-hydrogen) atoms. The standard InChI is InChI=1S/C4H6N4O2/c1-7-2-6-3(9)8(5)4(7)10/h2H,5H2,1H3. The second kappa shape index (κ2) is 1.98. The fourth-order valence-electron chi connectivity index (χ4n) is 0.499. The highest BCUT2D eigenvalue weighted by Crippen LogP contribution is 1.57. The average molecular weight is 142 g/mol. The molecule has 0 aliphatic carbocycles. The first-order valence-corrected chi connectivity index (χ1v) is 2.52. The van der Waals surface area contributed by atoms with Crippen LogP contribution in [0.5, 0.6) is 0 Å². The highest BCUT2D eigenvalue weighted by molar-refractivity contribution is 4.69. The maximum atomic E-state index is 10.8. The lowest BCUT2D eigenvalue weighted by Gasteiger charge is -1.96. The van der Waals surface area contributed by atoms with Gasteiger partial charge >= 0.3 is 11.4 Å². The van der Waals surface area contributed by atoms with Crippen LogP contribution in [0, 0.1) is 0 Å². The molecule has 0 amide bonds. The molecule has 1 aromatic rings. The molecule has 6 heteroatoms. The van der Waals surface area contributed by atoms with E-state index in [0.717, 1.165) is 10.9 Å². The minimum Gasteiger partial charge on any atom is -0.331 e. The van der Waals surface area contributed by atoms with Gasteiger partial charge in [-0.15, -0.1) is 0 Å². The fourth-order valence-corrected chi connectivity index (χ4v) is 0.499. The van der Waals surface area contributed by atoms with Gasteiger partial charge in [-0.3, -0.25) is 4.57 Å². The van der Waals surface area contributed by atoms with Gasteiger partial charge in [0.25, 0.3) is 0 Å². The van der Waals surface area contributed by atoms with Crippen molar-refractivity contribution < 1.29 is 0 Å². The zero-order valence-electron chi connectivity index (χ0n) is 5.31. The molecule has 0 spiro atoms. The number of aryl methyl sites for hydroxylation is 1. The van der Waals surface area contributed by atoms with Gasteiger partial charge in [0.05, 0.1) is 0 Å². The minimum atomic E-state index is -0.747. The van der Waals surface area contributed by atoms with Crippen LogP contribution in [0.4, 0.5) is 0 Å². The van der Waals surface area contributed by atoms with Crippen LogP contribution in [-0.2, 0) is 7.05 Å². The van der Waals surface area contributed by atoms with E-state index in [9.17, 15) is 9.59 Å². The van der Waals surface area contributed by atoms with Crippen LogP contribution in [0.2, 0.25) is 0 Å². The van der Waals surface area contributed by atoms with E-state index in [4.69, 9.17) is 5.84 Å². The summed E-state index contributed by atoms with van der Waals surface area (Å²) in [6.45, 7) is 0. The van der Waals surface area contributed by atoms with Crippen molar-refractivity contribution in [2.75, 3.05) is 5.84 Å². The summed E-state index contributed by atoms with van der Waals surface area (Å²) in [5.41, 5.74) is -1.33. The number of rotatable bonds is 0. The van der Waals surface area contributed by atoms with Crippen molar-refractivity contribution >= 4 is 0 Å². The molecule has 0 aliphatic heterocycles. The molecule has 0 saturated carbocycles. The molecule has 54 valence electrons. The van der Waals surface area contributed by atoms with Crippen LogP contribution in [0.25, 0.3) is 0 Å². The first kappa shape index (κ1) is 6.53. The summed E-state index contributed by atoms with van der Waals surface area (Å²) in [5, 5.41) is 0. The van der Waals surface area contributed by atoms with Gasteiger partial charge in [-0.1, -0.05) is 0 Å². The van der Waals surface area contributed by atoms with E-state index in [1.807, 2.05) is 0 Å². The van der Waals surface area contributed by atoms with Crippen molar-refractivity contribution in [3.05, 3.63) is 27.3 Å². The van der Waals surface area contributed by atoms with E-state index >= 15 is 0 Å². The largest absolute Gasteiger partial charge is 0.371 e. The Balaban J connectivity index is 3.66. The summed E-state index contributed by atoms with van der Waals surface area (Å²) in [6, 6.07) is 0. The molecule has 1 aromatic heterocycles. The lowest BCUT2D eigenvalue weighted by molar-refractivity contribution is 0.672. The van der Waals surface area contributed by atoms with Crippen LogP contribution in [0.15, 0.2) is 15.9 Å². The van der Waals surface area contributed by atoms with E-state index in [-0.39, 0.29) is 0 Å². The number of nitrogens with zero attached hydrogens (tertiary/aromatic N) is 3. The zero-order valence-corrected chi connectivity index (χ0v) is 5.31. The van der Waals surface area contributed by atoms with Gasteiger partial charge in [0.2, 0.25) is 0 Å². The van der Waals surface area contributed by atoms with Crippen molar-refractivity contribution in [1.29, 1.82) is 0 Å². The quantitative estimate of drug-likeness (QED) is 0.411. The van der Waals surface area contributed by atoms with Crippen LogP contribution < -0.4 is 17.2 Å². The number of nitrogen functional groups attached to an aromatic ring is 1. The Labute approximate surface area is 55.5 Å². The number of hydrogen-bond acceptors (Lipinski definition) is 4. The van der Waals surface area contributed by atoms with Crippen molar-refractivity contribution in [3.8, 4) is 0 Å². The Kier molecular flexibility index (Phi) is 1.29. The molecular formula is C4H6N4O2. The van der Waals surface area contributed by atoms with Crippen molar-refractivity contribution in [1.82, 2.24) is 14.2 Å². The zero-order chi connectivity index (χ0) is 7.72. The molecule has 0 radical (unpaired) electrons. The third-order valence-corrected chi connectivity index (χ3v) is 1.06. The topological polar surface area (TPSA) is 82.9 Å². The fraction of sp³-hybridized carbons (Fsp3) is 0.250. The third kappa shape index (κ3) is 0.790. The van der Waals surface area contributed by atoms with Crippen molar-refractivity contribution in [2.45, 2.75) is 0 Å². The first-order chi connectivity index (χ1) is 4.63. The monoisotopic (exact) mass is 142 g/mol. The van der Waals surface area contributed by atoms with Crippen molar-refractivity contribution in [2.24, 2.45) is 7.05 Å². The molecule has 0 atom stereocenters. The Hall–Kier alpha value is -1.59. The van der Waals surface area contributed by atoms with Crippen LogP contribution in [0.1, 0.15) is 0 Å². The summed E-state index contributed by atoms with van der Waals surface area (Å²) in [4.78, 5) is 24.5. The number of nitrogens with two attached hydrogens (primary N) is 1. The summed E-state index contributed by atoms with van der Waals surface area (Å²) >= 11 is 0. The maximum absolute atomic E-state index is 10.8. The van der Waals surface area contributed by atoms with Gasteiger partial charge in [-0.05, 0) is 0 Å². The first-order valence-electron chi connectivity index (χ1n) is 2.52.